The Labute approximate surface area is 171 Å². The van der Waals surface area contributed by atoms with E-state index in [4.69, 9.17) is 5.73 Å². The average Bonchev–Trinajstić information content (AvgIpc) is 2.96. The summed E-state index contributed by atoms with van der Waals surface area (Å²) in [5.41, 5.74) is 8.44. The van der Waals surface area contributed by atoms with Crippen molar-refractivity contribution in [2.45, 2.75) is 30.9 Å². The van der Waals surface area contributed by atoms with Crippen LogP contribution in [0.25, 0.3) is 10.2 Å². The smallest absolute Gasteiger partial charge is 0.266 e. The molecule has 0 spiro atoms. The number of aryl methyl sites for hydroxylation is 3. The minimum Gasteiger partial charge on any atom is -0.397 e. The van der Waals surface area contributed by atoms with E-state index in [1.165, 1.54) is 24.0 Å². The molecule has 0 bridgehead atoms. The summed E-state index contributed by atoms with van der Waals surface area (Å²) in [5.74, 6) is -0.771. The number of thiophene rings is 1. The number of nitrogen functional groups attached to an aromatic ring is 1. The number of halogens is 1. The van der Waals surface area contributed by atoms with Crippen LogP contribution in [0.4, 0.5) is 10.1 Å². The number of hydrogen-bond donors (Lipinski definition) is 1. The van der Waals surface area contributed by atoms with E-state index in [9.17, 15) is 17.6 Å². The number of carbonyl (C=O) groups excluding carboxylic acids is 1. The summed E-state index contributed by atoms with van der Waals surface area (Å²) < 4.78 is 39.0. The predicted molar refractivity (Wildman–Crippen MR) is 109 cm³/mol. The van der Waals surface area contributed by atoms with E-state index in [2.05, 4.69) is 10.2 Å². The Bertz CT molecular complexity index is 1260. The Hall–Kier alpha value is -2.59. The van der Waals surface area contributed by atoms with Crippen LogP contribution in [-0.4, -0.2) is 47.8 Å². The van der Waals surface area contributed by atoms with Crippen molar-refractivity contribution in [2.75, 3.05) is 18.8 Å². The van der Waals surface area contributed by atoms with Crippen molar-refractivity contribution >= 4 is 43.0 Å². The number of nitrogens with two attached hydrogens (primary N) is 1. The largest absolute Gasteiger partial charge is 0.397 e. The van der Waals surface area contributed by atoms with Crippen LogP contribution in [0.5, 0.6) is 0 Å². The zero-order valence-corrected chi connectivity index (χ0v) is 17.7. The van der Waals surface area contributed by atoms with Gasteiger partial charge in [0.2, 0.25) is 0 Å². The van der Waals surface area contributed by atoms with Crippen LogP contribution in [-0.2, 0) is 9.84 Å². The van der Waals surface area contributed by atoms with Gasteiger partial charge in [0.25, 0.3) is 5.91 Å². The summed E-state index contributed by atoms with van der Waals surface area (Å²) in [5, 5.41) is 8.17. The van der Waals surface area contributed by atoms with Gasteiger partial charge in [-0.1, -0.05) is 0 Å². The van der Waals surface area contributed by atoms with Gasteiger partial charge in [0, 0.05) is 18.5 Å². The maximum atomic E-state index is 13.5. The maximum absolute atomic E-state index is 13.5. The monoisotopic (exact) mass is 434 g/mol. The lowest BCUT2D eigenvalue weighted by molar-refractivity contribution is 0.0665. The Morgan fingerprint density at radius 3 is 2.59 bits per heavy atom. The molecule has 1 aromatic carbocycles. The zero-order valence-electron chi connectivity index (χ0n) is 16.1. The van der Waals surface area contributed by atoms with Gasteiger partial charge in [-0.25, -0.2) is 12.8 Å². The predicted octanol–water partition coefficient (Wildman–Crippen LogP) is 2.64. The Morgan fingerprint density at radius 1 is 1.24 bits per heavy atom. The van der Waals surface area contributed by atoms with Gasteiger partial charge in [0.15, 0.2) is 9.84 Å². The highest BCUT2D eigenvalue weighted by Crippen LogP contribution is 2.37. The van der Waals surface area contributed by atoms with Gasteiger partial charge >= 0.3 is 0 Å². The van der Waals surface area contributed by atoms with Crippen molar-refractivity contribution in [3.8, 4) is 0 Å². The highest BCUT2D eigenvalue weighted by atomic mass is 32.2. The first-order chi connectivity index (χ1) is 13.6. The van der Waals surface area contributed by atoms with E-state index in [1.807, 2.05) is 13.8 Å². The number of rotatable bonds is 3. The Kier molecular flexibility index (Phi) is 4.58. The molecule has 7 nitrogen and oxygen atoms in total. The van der Waals surface area contributed by atoms with Gasteiger partial charge in [0.05, 0.1) is 16.3 Å². The number of anilines is 1. The molecule has 10 heteroatoms. The van der Waals surface area contributed by atoms with Gasteiger partial charge in [-0.05, 0) is 50.1 Å². The van der Waals surface area contributed by atoms with Gasteiger partial charge in [0.1, 0.15) is 20.8 Å². The summed E-state index contributed by atoms with van der Waals surface area (Å²) in [6.45, 7) is 5.34. The second-order valence-corrected chi connectivity index (χ2v) is 10.5. The Balaban J connectivity index is 1.56. The number of benzene rings is 1. The molecule has 2 aromatic heterocycles. The first-order valence-electron chi connectivity index (χ1n) is 8.92. The average molecular weight is 435 g/mol. The molecule has 1 aliphatic rings. The van der Waals surface area contributed by atoms with Crippen LogP contribution in [0.15, 0.2) is 23.1 Å². The van der Waals surface area contributed by atoms with Crippen LogP contribution in [0.1, 0.15) is 26.5 Å². The SMILES string of the molecule is Cc1cc(S(=O)(=O)C2CN(C(=O)c3sc4nnc(C)c(C)c4c3N)C2)ccc1F. The number of carbonyl (C=O) groups is 1. The van der Waals surface area contributed by atoms with E-state index in [1.54, 1.807) is 0 Å². The third-order valence-corrected chi connectivity index (χ3v) is 8.53. The molecule has 0 radical (unpaired) electrons. The molecule has 2 N–H and O–H groups in total. The zero-order chi connectivity index (χ0) is 21.1. The Morgan fingerprint density at radius 2 is 1.93 bits per heavy atom. The topological polar surface area (TPSA) is 106 Å². The normalized spacial score (nSPS) is 15.0. The minimum absolute atomic E-state index is 0.0644. The van der Waals surface area contributed by atoms with E-state index >= 15 is 0 Å². The lowest BCUT2D eigenvalue weighted by atomic mass is 10.1. The fourth-order valence-corrected chi connectivity index (χ4v) is 6.13. The number of aromatic nitrogens is 2. The maximum Gasteiger partial charge on any atom is 0.266 e. The number of likely N-dealkylation sites (tertiary alicyclic amines) is 1. The number of nitrogens with zero attached hydrogens (tertiary/aromatic N) is 3. The van der Waals surface area contributed by atoms with E-state index in [-0.39, 0.29) is 29.5 Å². The number of hydrogen-bond acceptors (Lipinski definition) is 7. The van der Waals surface area contributed by atoms with Crippen LogP contribution < -0.4 is 5.73 Å². The molecule has 1 fully saturated rings. The molecule has 1 saturated heterocycles. The molecule has 29 heavy (non-hydrogen) atoms. The first-order valence-corrected chi connectivity index (χ1v) is 11.3. The second-order valence-electron chi connectivity index (χ2n) is 7.22. The standard InChI is InChI=1S/C19H19FN4O3S2/c1-9-6-12(4-5-14(9)20)29(26,27)13-7-24(8-13)19(25)17-16(21)15-10(2)11(3)22-23-18(15)28-17/h4-6,13H,7-8,21H2,1-3H3. The van der Waals surface area contributed by atoms with Crippen molar-refractivity contribution in [3.63, 3.8) is 0 Å². The van der Waals surface area contributed by atoms with Gasteiger partial charge in [-0.15, -0.1) is 16.4 Å². The van der Waals surface area contributed by atoms with Crippen molar-refractivity contribution in [2.24, 2.45) is 0 Å². The summed E-state index contributed by atoms with van der Waals surface area (Å²) in [6.07, 6.45) is 0. The van der Waals surface area contributed by atoms with Gasteiger partial charge < -0.3 is 10.6 Å². The second kappa shape index (κ2) is 6.74. The van der Waals surface area contributed by atoms with E-state index < -0.39 is 20.9 Å². The molecule has 3 aromatic rings. The van der Waals surface area contributed by atoms with Crippen LogP contribution in [0, 0.1) is 26.6 Å². The molecule has 0 atom stereocenters. The molecule has 0 aliphatic carbocycles. The molecule has 0 saturated carbocycles. The van der Waals surface area contributed by atoms with Crippen molar-refractivity contribution in [1.82, 2.24) is 15.1 Å². The highest BCUT2D eigenvalue weighted by molar-refractivity contribution is 7.92. The number of sulfone groups is 1. The van der Waals surface area contributed by atoms with Crippen LogP contribution in [0.3, 0.4) is 0 Å². The molecule has 1 aliphatic heterocycles. The van der Waals surface area contributed by atoms with Crippen molar-refractivity contribution in [3.05, 3.63) is 45.7 Å². The molecular formula is C19H19FN4O3S2. The third-order valence-electron chi connectivity index (χ3n) is 5.36. The fraction of sp³-hybridized carbons (Fsp3) is 0.316. The summed E-state index contributed by atoms with van der Waals surface area (Å²) in [4.78, 5) is 15.3. The quantitative estimate of drug-likeness (QED) is 0.635. The lowest BCUT2D eigenvalue weighted by Gasteiger charge is -2.38. The first kappa shape index (κ1) is 19.7. The highest BCUT2D eigenvalue weighted by Gasteiger charge is 2.41. The fourth-order valence-electron chi connectivity index (χ4n) is 3.33. The molecule has 4 rings (SSSR count). The van der Waals surface area contributed by atoms with E-state index in [0.29, 0.717) is 15.4 Å². The van der Waals surface area contributed by atoms with E-state index in [0.717, 1.165) is 34.0 Å². The summed E-state index contributed by atoms with van der Waals surface area (Å²) >= 11 is 1.16. The van der Waals surface area contributed by atoms with Gasteiger partial charge in [-0.3, -0.25) is 4.79 Å². The third kappa shape index (κ3) is 3.06. The minimum atomic E-state index is -3.65. The van der Waals surface area contributed by atoms with Crippen molar-refractivity contribution < 1.29 is 17.6 Å². The number of fused-ring (bicyclic) bond motifs is 1. The molecule has 0 unspecified atom stereocenters. The molecular weight excluding hydrogens is 415 g/mol. The summed E-state index contributed by atoms with van der Waals surface area (Å²) in [6, 6.07) is 3.73. The number of amides is 1. The lowest BCUT2D eigenvalue weighted by Crippen LogP contribution is -2.56. The molecule has 3 heterocycles. The van der Waals surface area contributed by atoms with Crippen LogP contribution >= 0.6 is 11.3 Å². The van der Waals surface area contributed by atoms with Gasteiger partial charge in [-0.2, -0.15) is 5.10 Å². The summed E-state index contributed by atoms with van der Waals surface area (Å²) in [7, 11) is -3.65. The van der Waals surface area contributed by atoms with Crippen LogP contribution in [0.2, 0.25) is 0 Å². The molecule has 152 valence electrons. The van der Waals surface area contributed by atoms with Crippen molar-refractivity contribution in [1.29, 1.82) is 0 Å². The molecule has 1 amide bonds.